The molecule has 9 heteroatoms. The summed E-state index contributed by atoms with van der Waals surface area (Å²) in [5.41, 5.74) is 1.72. The molecule has 2 aromatic rings. The topological polar surface area (TPSA) is 74.3 Å². The average molecular weight is 487 g/mol. The van der Waals surface area contributed by atoms with Gasteiger partial charge in [-0.2, -0.15) is 4.98 Å². The Bertz CT molecular complexity index is 1050. The molecule has 0 spiro atoms. The van der Waals surface area contributed by atoms with Crippen LogP contribution in [0.4, 0.5) is 26.2 Å². The largest absolute Gasteiger partial charge is 0.487 e. The quantitative estimate of drug-likeness (QED) is 0.553. The van der Waals surface area contributed by atoms with Crippen molar-refractivity contribution in [1.82, 2.24) is 20.2 Å². The predicted octanol–water partition coefficient (Wildman–Crippen LogP) is 4.56. The number of benzene rings is 1. The molecule has 3 fully saturated rings. The van der Waals surface area contributed by atoms with Crippen molar-refractivity contribution in [2.24, 2.45) is 0 Å². The Hall–Kier alpha value is -2.52. The third-order valence-corrected chi connectivity index (χ3v) is 7.60. The van der Waals surface area contributed by atoms with E-state index in [4.69, 9.17) is 4.74 Å². The van der Waals surface area contributed by atoms with Crippen molar-refractivity contribution < 1.29 is 13.5 Å². The van der Waals surface area contributed by atoms with Crippen LogP contribution in [0.15, 0.2) is 24.4 Å². The molecule has 3 N–H and O–H groups in total. The summed E-state index contributed by atoms with van der Waals surface area (Å²) in [4.78, 5) is 11.2. The first-order valence-electron chi connectivity index (χ1n) is 12.7. The van der Waals surface area contributed by atoms with Crippen molar-refractivity contribution in [1.29, 1.82) is 0 Å². The first kappa shape index (κ1) is 24.2. The lowest BCUT2D eigenvalue weighted by Gasteiger charge is -2.47. The van der Waals surface area contributed by atoms with Gasteiger partial charge in [0, 0.05) is 29.9 Å². The molecule has 0 unspecified atom stereocenters. The third-order valence-electron chi connectivity index (χ3n) is 7.60. The molecule has 1 aromatic carbocycles. The molecule has 5 rings (SSSR count). The molecule has 3 saturated heterocycles. The number of alkyl halides is 1. The van der Waals surface area contributed by atoms with Crippen molar-refractivity contribution in [2.45, 2.75) is 82.8 Å². The number of halogens is 2. The minimum absolute atomic E-state index is 0.0827. The van der Waals surface area contributed by atoms with Gasteiger partial charge in [0.05, 0.1) is 6.20 Å². The molecule has 190 valence electrons. The highest BCUT2D eigenvalue weighted by Gasteiger charge is 2.43. The van der Waals surface area contributed by atoms with Crippen LogP contribution in [0.1, 0.15) is 51.5 Å². The summed E-state index contributed by atoms with van der Waals surface area (Å²) in [5, 5.41) is 9.56. The minimum atomic E-state index is -1.02. The smallest absolute Gasteiger partial charge is 0.229 e. The standard InChI is InChI=1S/C26H36F2N6O/c1-16-11-17(6-7-22(16)35-23-8-9-29-14-20(23)27)32-25-30-15-21(28)24(33-25)31-18-12-19-5-4-10-34(19)26(2,3)13-18/h6-7,11,15,18-20,23,29H,4-5,8-10,12-14H2,1-3H3,(H2,30,31,32,33)/t18-,19+,20-,23+/m1/s1. The van der Waals surface area contributed by atoms with E-state index < -0.39 is 18.1 Å². The van der Waals surface area contributed by atoms with Crippen LogP contribution < -0.4 is 20.7 Å². The fourth-order valence-corrected chi connectivity index (χ4v) is 5.92. The first-order chi connectivity index (χ1) is 16.8. The molecule has 3 aliphatic heterocycles. The van der Waals surface area contributed by atoms with Gasteiger partial charge in [-0.1, -0.05) is 0 Å². The molecule has 1 aromatic heterocycles. The first-order valence-corrected chi connectivity index (χ1v) is 12.7. The summed E-state index contributed by atoms with van der Waals surface area (Å²) in [6, 6.07) is 6.28. The number of ether oxygens (including phenoxy) is 1. The normalized spacial score (nSPS) is 28.4. The van der Waals surface area contributed by atoms with Crippen LogP contribution in [0, 0.1) is 12.7 Å². The summed E-state index contributed by atoms with van der Waals surface area (Å²) in [6.45, 7) is 8.69. The zero-order chi connectivity index (χ0) is 24.6. The molecule has 0 aliphatic carbocycles. The van der Waals surface area contributed by atoms with E-state index in [9.17, 15) is 8.78 Å². The molecule has 0 bridgehead atoms. The lowest BCUT2D eigenvalue weighted by atomic mass is 9.84. The van der Waals surface area contributed by atoms with Crippen LogP contribution in [0.5, 0.6) is 5.75 Å². The van der Waals surface area contributed by atoms with Crippen LogP contribution in [-0.2, 0) is 0 Å². The highest BCUT2D eigenvalue weighted by atomic mass is 19.1. The number of fused-ring (bicyclic) bond motifs is 1. The Kier molecular flexibility index (Phi) is 6.81. The van der Waals surface area contributed by atoms with Gasteiger partial charge in [-0.05, 0) is 89.7 Å². The average Bonchev–Trinajstić information content (AvgIpc) is 3.29. The molecule has 7 nitrogen and oxygen atoms in total. The predicted molar refractivity (Wildman–Crippen MR) is 134 cm³/mol. The number of nitrogens with zero attached hydrogens (tertiary/aromatic N) is 3. The van der Waals surface area contributed by atoms with Gasteiger partial charge in [0.1, 0.15) is 18.0 Å². The van der Waals surface area contributed by atoms with Gasteiger partial charge in [0.25, 0.3) is 0 Å². The monoisotopic (exact) mass is 486 g/mol. The Morgan fingerprint density at radius 2 is 2.11 bits per heavy atom. The second-order valence-corrected chi connectivity index (χ2v) is 10.7. The Morgan fingerprint density at radius 1 is 1.26 bits per heavy atom. The number of anilines is 3. The molecule has 0 amide bonds. The van der Waals surface area contributed by atoms with Gasteiger partial charge in [0.2, 0.25) is 5.95 Å². The van der Waals surface area contributed by atoms with Crippen molar-refractivity contribution in [3.05, 3.63) is 35.8 Å². The van der Waals surface area contributed by atoms with Gasteiger partial charge in [0.15, 0.2) is 11.6 Å². The highest BCUT2D eigenvalue weighted by Crippen LogP contribution is 2.38. The summed E-state index contributed by atoms with van der Waals surface area (Å²) < 4.78 is 34.7. The molecular weight excluding hydrogens is 450 g/mol. The van der Waals surface area contributed by atoms with E-state index in [2.05, 4.69) is 44.7 Å². The van der Waals surface area contributed by atoms with E-state index in [0.29, 0.717) is 30.7 Å². The van der Waals surface area contributed by atoms with Gasteiger partial charge >= 0.3 is 0 Å². The fraction of sp³-hybridized carbons (Fsp3) is 0.615. The van der Waals surface area contributed by atoms with Crippen molar-refractivity contribution in [3.63, 3.8) is 0 Å². The van der Waals surface area contributed by atoms with E-state index in [0.717, 1.165) is 37.2 Å². The number of rotatable bonds is 6. The van der Waals surface area contributed by atoms with Crippen LogP contribution in [0.25, 0.3) is 0 Å². The maximum atomic E-state index is 14.6. The SMILES string of the molecule is Cc1cc(Nc2ncc(F)c(N[C@@H]3C[C@@H]4CCCN4C(C)(C)C3)n2)ccc1O[C@H]1CCNC[C@H]1F. The summed E-state index contributed by atoms with van der Waals surface area (Å²) >= 11 is 0. The van der Waals surface area contributed by atoms with Crippen LogP contribution in [-0.4, -0.2) is 64.4 Å². The Balaban J connectivity index is 1.25. The second kappa shape index (κ2) is 9.85. The van der Waals surface area contributed by atoms with Crippen molar-refractivity contribution in [3.8, 4) is 5.75 Å². The number of hydrogen-bond acceptors (Lipinski definition) is 7. The number of hydrogen-bond donors (Lipinski definition) is 3. The number of aryl methyl sites for hydroxylation is 1. The number of piperidine rings is 2. The minimum Gasteiger partial charge on any atom is -0.487 e. The number of aromatic nitrogens is 2. The Labute approximate surface area is 206 Å². The van der Waals surface area contributed by atoms with Crippen molar-refractivity contribution in [2.75, 3.05) is 30.3 Å². The van der Waals surface area contributed by atoms with E-state index >= 15 is 0 Å². The van der Waals surface area contributed by atoms with E-state index in [-0.39, 0.29) is 17.4 Å². The van der Waals surface area contributed by atoms with Gasteiger partial charge in [-0.3, -0.25) is 4.90 Å². The molecular formula is C26H36F2N6O. The van der Waals surface area contributed by atoms with E-state index in [1.807, 2.05) is 25.1 Å². The number of nitrogens with one attached hydrogen (secondary N) is 3. The van der Waals surface area contributed by atoms with Gasteiger partial charge < -0.3 is 20.7 Å². The second-order valence-electron chi connectivity index (χ2n) is 10.7. The van der Waals surface area contributed by atoms with E-state index in [1.54, 1.807) is 0 Å². The molecule has 0 radical (unpaired) electrons. The fourth-order valence-electron chi connectivity index (χ4n) is 5.92. The lowest BCUT2D eigenvalue weighted by molar-refractivity contribution is 0.0500. The van der Waals surface area contributed by atoms with Crippen LogP contribution in [0.3, 0.4) is 0 Å². The third kappa shape index (κ3) is 5.35. The summed E-state index contributed by atoms with van der Waals surface area (Å²) in [7, 11) is 0. The lowest BCUT2D eigenvalue weighted by Crippen LogP contribution is -2.55. The molecule has 4 atom stereocenters. The molecule has 4 heterocycles. The van der Waals surface area contributed by atoms with Gasteiger partial charge in [-0.25, -0.2) is 13.8 Å². The molecule has 3 aliphatic rings. The zero-order valence-electron chi connectivity index (χ0n) is 20.8. The maximum absolute atomic E-state index is 14.6. The summed E-state index contributed by atoms with van der Waals surface area (Å²) in [5.74, 6) is 0.756. The van der Waals surface area contributed by atoms with E-state index in [1.165, 1.54) is 19.0 Å². The zero-order valence-corrected chi connectivity index (χ0v) is 20.8. The van der Waals surface area contributed by atoms with Gasteiger partial charge in [-0.15, -0.1) is 0 Å². The molecule has 35 heavy (non-hydrogen) atoms. The maximum Gasteiger partial charge on any atom is 0.229 e. The molecule has 0 saturated carbocycles. The van der Waals surface area contributed by atoms with Crippen molar-refractivity contribution >= 4 is 17.5 Å². The highest BCUT2D eigenvalue weighted by molar-refractivity contribution is 5.58. The van der Waals surface area contributed by atoms with Crippen LogP contribution in [0.2, 0.25) is 0 Å². The van der Waals surface area contributed by atoms with Crippen LogP contribution >= 0.6 is 0 Å². The summed E-state index contributed by atoms with van der Waals surface area (Å²) in [6.07, 6.45) is 4.73. The Morgan fingerprint density at radius 3 is 2.91 bits per heavy atom.